The van der Waals surface area contributed by atoms with Crippen LogP contribution in [-0.2, 0) is 4.79 Å². The highest BCUT2D eigenvalue weighted by atomic mass is 127. The van der Waals surface area contributed by atoms with E-state index in [1.807, 2.05) is 75.7 Å². The molecule has 0 radical (unpaired) electrons. The molecule has 1 heterocycles. The summed E-state index contributed by atoms with van der Waals surface area (Å²) >= 11 is 11.5. The highest BCUT2D eigenvalue weighted by molar-refractivity contribution is 14.1. The van der Waals surface area contributed by atoms with Crippen LogP contribution in [0.4, 0.5) is 0 Å². The molecule has 2 N–H and O–H groups in total. The van der Waals surface area contributed by atoms with Gasteiger partial charge in [-0.05, 0) is 93.7 Å². The average Bonchev–Trinajstić information content (AvgIpc) is 3.25. The fourth-order valence-corrected chi connectivity index (χ4v) is 5.74. The molecular weight excluding hydrogens is 700 g/mol. The van der Waals surface area contributed by atoms with Crippen LogP contribution in [0, 0.1) is 7.14 Å². The lowest BCUT2D eigenvalue weighted by atomic mass is 10.2. The Kier molecular flexibility index (Phi) is 8.45. The fourth-order valence-electron chi connectivity index (χ4n) is 2.98. The molecule has 4 rings (SSSR count). The van der Waals surface area contributed by atoms with Gasteiger partial charge < -0.3 is 5.11 Å². The van der Waals surface area contributed by atoms with Crippen LogP contribution in [0.25, 0.3) is 17.1 Å². The van der Waals surface area contributed by atoms with Crippen LogP contribution in [-0.4, -0.2) is 37.7 Å². The van der Waals surface area contributed by atoms with E-state index in [1.54, 1.807) is 18.2 Å². The molecule has 0 aliphatic rings. The number of para-hydroxylation sites is 1. The summed E-state index contributed by atoms with van der Waals surface area (Å²) in [6.45, 7) is 0. The summed E-state index contributed by atoms with van der Waals surface area (Å²) < 4.78 is 3.57. The molecule has 4 aromatic rings. The molecule has 0 saturated carbocycles. The minimum atomic E-state index is -0.309. The molecule has 3 aromatic carbocycles. The third kappa shape index (κ3) is 6.09. The maximum absolute atomic E-state index is 12.4. The van der Waals surface area contributed by atoms with E-state index in [2.05, 4.69) is 43.3 Å². The Morgan fingerprint density at radius 1 is 1.12 bits per heavy atom. The minimum absolute atomic E-state index is 0.0821. The van der Waals surface area contributed by atoms with Crippen LogP contribution >= 0.6 is 68.5 Å². The smallest absolute Gasteiger partial charge is 0.250 e. The second kappa shape index (κ2) is 11.5. The first kappa shape index (κ1) is 24.9. The average molecular weight is 716 g/mol. The van der Waals surface area contributed by atoms with Crippen molar-refractivity contribution in [2.45, 2.75) is 5.16 Å². The molecule has 0 saturated heterocycles. The molecular formula is C23H16ClI2N5O2S. The van der Waals surface area contributed by atoms with E-state index in [9.17, 15) is 9.90 Å². The Hall–Kier alpha value is -2.16. The van der Waals surface area contributed by atoms with Gasteiger partial charge >= 0.3 is 0 Å². The summed E-state index contributed by atoms with van der Waals surface area (Å²) in [4.78, 5) is 12.4. The van der Waals surface area contributed by atoms with Crippen molar-refractivity contribution in [3.05, 3.63) is 84.5 Å². The molecule has 0 unspecified atom stereocenters. The summed E-state index contributed by atoms with van der Waals surface area (Å²) in [5, 5.41) is 24.0. The van der Waals surface area contributed by atoms with Gasteiger partial charge in [0.05, 0.1) is 15.5 Å². The molecule has 1 aromatic heterocycles. The van der Waals surface area contributed by atoms with Gasteiger partial charge in [0.1, 0.15) is 5.75 Å². The molecule has 0 fully saturated rings. The number of carbonyl (C=O) groups is 1. The van der Waals surface area contributed by atoms with Crippen LogP contribution < -0.4 is 5.43 Å². The van der Waals surface area contributed by atoms with Gasteiger partial charge in [0.15, 0.2) is 11.0 Å². The van der Waals surface area contributed by atoms with Crippen LogP contribution in [0.1, 0.15) is 5.56 Å². The highest BCUT2D eigenvalue weighted by Crippen LogP contribution is 2.29. The zero-order valence-corrected chi connectivity index (χ0v) is 23.2. The summed E-state index contributed by atoms with van der Waals surface area (Å²) in [7, 11) is 0. The minimum Gasteiger partial charge on any atom is -0.506 e. The third-order valence-corrected chi connectivity index (χ3v) is 7.16. The first-order chi connectivity index (χ1) is 16.4. The van der Waals surface area contributed by atoms with E-state index in [4.69, 9.17) is 11.6 Å². The number of hydrogen-bond acceptors (Lipinski definition) is 6. The number of aromatic nitrogens is 3. The number of phenols is 1. The van der Waals surface area contributed by atoms with Gasteiger partial charge in [-0.25, -0.2) is 5.43 Å². The number of benzene rings is 3. The molecule has 11 heteroatoms. The van der Waals surface area contributed by atoms with Crippen LogP contribution in [0.2, 0.25) is 5.02 Å². The lowest BCUT2D eigenvalue weighted by Crippen LogP contribution is -2.20. The first-order valence-corrected chi connectivity index (χ1v) is 13.3. The molecule has 0 bridgehead atoms. The maximum atomic E-state index is 12.4. The van der Waals surface area contributed by atoms with Crippen LogP contribution in [0.3, 0.4) is 0 Å². The number of rotatable bonds is 7. The third-order valence-electron chi connectivity index (χ3n) is 4.53. The number of nitrogens with zero attached hydrogens (tertiary/aromatic N) is 4. The number of halogens is 3. The van der Waals surface area contributed by atoms with Gasteiger partial charge in [0.2, 0.25) is 0 Å². The van der Waals surface area contributed by atoms with Gasteiger partial charge in [-0.3, -0.25) is 9.36 Å². The van der Waals surface area contributed by atoms with E-state index >= 15 is 0 Å². The van der Waals surface area contributed by atoms with Crippen molar-refractivity contribution in [2.24, 2.45) is 5.10 Å². The van der Waals surface area contributed by atoms with Crippen molar-refractivity contribution in [3.63, 3.8) is 0 Å². The molecule has 0 aliphatic carbocycles. The Morgan fingerprint density at radius 2 is 1.85 bits per heavy atom. The molecule has 0 aliphatic heterocycles. The summed E-state index contributed by atoms with van der Waals surface area (Å²) in [5.74, 6) is 0.544. The quantitative estimate of drug-likeness (QED) is 0.110. The molecule has 34 heavy (non-hydrogen) atoms. The number of hydrazone groups is 1. The number of amides is 1. The van der Waals surface area contributed by atoms with Gasteiger partial charge in [-0.1, -0.05) is 41.6 Å². The van der Waals surface area contributed by atoms with Crippen molar-refractivity contribution in [1.82, 2.24) is 20.2 Å². The largest absolute Gasteiger partial charge is 0.506 e. The zero-order chi connectivity index (χ0) is 24.1. The summed E-state index contributed by atoms with van der Waals surface area (Å²) in [6, 6.07) is 20.7. The number of phenolic OH excluding ortho intramolecular Hbond substituents is 1. The van der Waals surface area contributed by atoms with Gasteiger partial charge in [0.25, 0.3) is 5.91 Å². The standard InChI is InChI=1S/C23H16ClI2N5O2S/c24-16-8-6-14(7-9-16)22-29-30-23(31(22)18-4-2-1-3-5-18)34-13-20(32)28-27-12-15-10-17(25)11-19(26)21(15)33/h1-12,33H,13H2,(H,28,32)/b27-12-. The van der Waals surface area contributed by atoms with Crippen LogP contribution in [0.5, 0.6) is 5.75 Å². The van der Waals surface area contributed by atoms with E-state index in [0.29, 0.717) is 25.1 Å². The Bertz CT molecular complexity index is 1350. The lowest BCUT2D eigenvalue weighted by Gasteiger charge is -2.10. The normalized spacial score (nSPS) is 11.1. The number of nitrogens with one attached hydrogen (secondary N) is 1. The van der Waals surface area contributed by atoms with E-state index in [0.717, 1.165) is 14.8 Å². The second-order valence-corrected chi connectivity index (χ2v) is 10.7. The molecule has 1 amide bonds. The zero-order valence-electron chi connectivity index (χ0n) is 17.3. The van der Waals surface area contributed by atoms with E-state index in [-0.39, 0.29) is 17.4 Å². The highest BCUT2D eigenvalue weighted by Gasteiger charge is 2.17. The molecule has 172 valence electrons. The topological polar surface area (TPSA) is 92.4 Å². The Balaban J connectivity index is 1.50. The Labute approximate surface area is 232 Å². The molecule has 7 nitrogen and oxygen atoms in total. The SMILES string of the molecule is O=C(CSc1nnc(-c2ccc(Cl)cc2)n1-c1ccccc1)N/N=C\c1cc(I)cc(I)c1O. The van der Waals surface area contributed by atoms with Crippen molar-refractivity contribution in [3.8, 4) is 22.8 Å². The fraction of sp³-hybridized carbons (Fsp3) is 0.0435. The maximum Gasteiger partial charge on any atom is 0.250 e. The van der Waals surface area contributed by atoms with Crippen molar-refractivity contribution in [2.75, 3.05) is 5.75 Å². The predicted molar refractivity (Wildman–Crippen MR) is 152 cm³/mol. The van der Waals surface area contributed by atoms with Crippen molar-refractivity contribution >= 4 is 80.7 Å². The van der Waals surface area contributed by atoms with E-state index < -0.39 is 0 Å². The molecule has 0 spiro atoms. The number of aromatic hydroxyl groups is 1. The van der Waals surface area contributed by atoms with Gasteiger partial charge in [0, 0.05) is 25.4 Å². The molecule has 0 atom stereocenters. The summed E-state index contributed by atoms with van der Waals surface area (Å²) in [6.07, 6.45) is 1.42. The van der Waals surface area contributed by atoms with Crippen LogP contribution in [0.15, 0.2) is 77.0 Å². The Morgan fingerprint density at radius 3 is 2.59 bits per heavy atom. The predicted octanol–water partition coefficient (Wildman–Crippen LogP) is 5.74. The first-order valence-electron chi connectivity index (χ1n) is 9.82. The van der Waals surface area contributed by atoms with Gasteiger partial charge in [-0.2, -0.15) is 5.10 Å². The number of carbonyl (C=O) groups excluding carboxylic acids is 1. The number of hydrogen-bond donors (Lipinski definition) is 2. The lowest BCUT2D eigenvalue weighted by molar-refractivity contribution is -0.118. The van der Waals surface area contributed by atoms with Gasteiger partial charge in [-0.15, -0.1) is 10.2 Å². The van der Waals surface area contributed by atoms with Crippen molar-refractivity contribution in [1.29, 1.82) is 0 Å². The summed E-state index contributed by atoms with van der Waals surface area (Å²) in [5.41, 5.74) is 4.75. The number of thioether (sulfide) groups is 1. The second-order valence-electron chi connectivity index (χ2n) is 6.89. The van der Waals surface area contributed by atoms with E-state index in [1.165, 1.54) is 18.0 Å². The van der Waals surface area contributed by atoms with Crippen molar-refractivity contribution < 1.29 is 9.90 Å². The monoisotopic (exact) mass is 715 g/mol.